The quantitative estimate of drug-likeness (QED) is 0.669. The van der Waals surface area contributed by atoms with E-state index in [4.69, 9.17) is 4.52 Å². The summed E-state index contributed by atoms with van der Waals surface area (Å²) in [4.78, 5) is 19.1. The number of hydrogen-bond donors (Lipinski definition) is 2. The van der Waals surface area contributed by atoms with Crippen LogP contribution in [-0.4, -0.2) is 40.2 Å². The number of rotatable bonds is 6. The van der Waals surface area contributed by atoms with Gasteiger partial charge in [-0.15, -0.1) is 0 Å². The summed E-state index contributed by atoms with van der Waals surface area (Å²) >= 11 is 0. The maximum Gasteiger partial charge on any atom is 0.319 e. The lowest BCUT2D eigenvalue weighted by atomic mass is 10.1. The maximum atomic E-state index is 12.4. The molecule has 0 bridgehead atoms. The standard InChI is InChI=1S/C22H25N5O2/c1-2-16-8-6-7-11-19(16)24-22(28)23-18-12-13-27(14-18)15-20-25-21(29-26-20)17-9-4-3-5-10-17/h3-11,18H,2,12-15H2,1H3,(H2,23,24,28). The molecule has 1 saturated heterocycles. The van der Waals surface area contributed by atoms with Crippen LogP contribution in [0, 0.1) is 0 Å². The van der Waals surface area contributed by atoms with Crippen molar-refractivity contribution >= 4 is 11.7 Å². The SMILES string of the molecule is CCc1ccccc1NC(=O)NC1CCN(Cc2noc(-c3ccccc3)n2)C1. The zero-order chi connectivity index (χ0) is 20.1. The normalized spacial score (nSPS) is 16.7. The molecule has 0 saturated carbocycles. The Balaban J connectivity index is 1.28. The number of urea groups is 1. The summed E-state index contributed by atoms with van der Waals surface area (Å²) in [5, 5.41) is 10.1. The molecule has 0 radical (unpaired) electrons. The van der Waals surface area contributed by atoms with Gasteiger partial charge in [-0.05, 0) is 36.6 Å². The van der Waals surface area contributed by atoms with Crippen molar-refractivity contribution in [3.05, 3.63) is 66.0 Å². The number of hydrogen-bond acceptors (Lipinski definition) is 5. The van der Waals surface area contributed by atoms with E-state index in [1.54, 1.807) is 0 Å². The molecule has 3 aromatic rings. The van der Waals surface area contributed by atoms with Crippen molar-refractivity contribution in [1.82, 2.24) is 20.4 Å². The van der Waals surface area contributed by atoms with Gasteiger partial charge in [0.15, 0.2) is 5.82 Å². The van der Waals surface area contributed by atoms with E-state index in [9.17, 15) is 4.79 Å². The highest BCUT2D eigenvalue weighted by Gasteiger charge is 2.25. The summed E-state index contributed by atoms with van der Waals surface area (Å²) in [5.74, 6) is 1.19. The van der Waals surface area contributed by atoms with Crippen LogP contribution >= 0.6 is 0 Å². The van der Waals surface area contributed by atoms with Gasteiger partial charge < -0.3 is 15.2 Å². The first-order valence-corrected chi connectivity index (χ1v) is 9.97. The number of benzene rings is 2. The molecule has 1 unspecified atom stereocenters. The minimum Gasteiger partial charge on any atom is -0.334 e. The highest BCUT2D eigenvalue weighted by Crippen LogP contribution is 2.19. The monoisotopic (exact) mass is 391 g/mol. The predicted molar refractivity (Wildman–Crippen MR) is 111 cm³/mol. The molecule has 2 amide bonds. The number of carbonyl (C=O) groups excluding carboxylic acids is 1. The van der Waals surface area contributed by atoms with Gasteiger partial charge in [0, 0.05) is 30.4 Å². The van der Waals surface area contributed by atoms with E-state index in [2.05, 4.69) is 32.6 Å². The molecule has 1 aromatic heterocycles. The highest BCUT2D eigenvalue weighted by atomic mass is 16.5. The number of likely N-dealkylation sites (tertiary alicyclic amines) is 1. The second-order valence-electron chi connectivity index (χ2n) is 7.21. The van der Waals surface area contributed by atoms with Gasteiger partial charge in [0.05, 0.1) is 6.54 Å². The molecule has 1 fully saturated rings. The van der Waals surface area contributed by atoms with E-state index < -0.39 is 0 Å². The van der Waals surface area contributed by atoms with Crippen molar-refractivity contribution in [2.24, 2.45) is 0 Å². The molecule has 2 aromatic carbocycles. The first-order valence-electron chi connectivity index (χ1n) is 9.97. The van der Waals surface area contributed by atoms with Gasteiger partial charge in [-0.2, -0.15) is 4.98 Å². The number of nitrogens with zero attached hydrogens (tertiary/aromatic N) is 3. The predicted octanol–water partition coefficient (Wildman–Crippen LogP) is 3.70. The molecule has 29 heavy (non-hydrogen) atoms. The van der Waals surface area contributed by atoms with E-state index in [0.717, 1.165) is 42.7 Å². The molecule has 1 atom stereocenters. The fraction of sp³-hybridized carbons (Fsp3) is 0.318. The first kappa shape index (κ1) is 19.1. The summed E-state index contributed by atoms with van der Waals surface area (Å²) in [5.41, 5.74) is 2.90. The Hall–Kier alpha value is -3.19. The number of aryl methyl sites for hydroxylation is 1. The molecular weight excluding hydrogens is 366 g/mol. The summed E-state index contributed by atoms with van der Waals surface area (Å²) in [6, 6.07) is 17.5. The van der Waals surface area contributed by atoms with E-state index in [1.807, 2.05) is 54.6 Å². The lowest BCUT2D eigenvalue weighted by Crippen LogP contribution is -2.39. The molecule has 0 spiro atoms. The van der Waals surface area contributed by atoms with Gasteiger partial charge in [0.25, 0.3) is 5.89 Å². The molecule has 1 aliphatic heterocycles. The van der Waals surface area contributed by atoms with Crippen LogP contribution in [0.25, 0.3) is 11.5 Å². The van der Waals surface area contributed by atoms with Crippen LogP contribution < -0.4 is 10.6 Å². The number of anilines is 1. The van der Waals surface area contributed by atoms with Crippen LogP contribution in [0.5, 0.6) is 0 Å². The fourth-order valence-corrected chi connectivity index (χ4v) is 3.60. The van der Waals surface area contributed by atoms with Crippen molar-refractivity contribution in [2.45, 2.75) is 32.4 Å². The van der Waals surface area contributed by atoms with Gasteiger partial charge in [0.2, 0.25) is 0 Å². The van der Waals surface area contributed by atoms with E-state index in [0.29, 0.717) is 18.3 Å². The van der Waals surface area contributed by atoms with Gasteiger partial charge in [0.1, 0.15) is 0 Å². The Bertz CT molecular complexity index is 957. The number of aromatic nitrogens is 2. The third-order valence-corrected chi connectivity index (χ3v) is 5.11. The van der Waals surface area contributed by atoms with Crippen molar-refractivity contribution in [3.63, 3.8) is 0 Å². The highest BCUT2D eigenvalue weighted by molar-refractivity contribution is 5.90. The van der Waals surface area contributed by atoms with Crippen LogP contribution in [0.4, 0.5) is 10.5 Å². The smallest absolute Gasteiger partial charge is 0.319 e. The molecule has 2 N–H and O–H groups in total. The van der Waals surface area contributed by atoms with Crippen LogP contribution in [0.2, 0.25) is 0 Å². The Labute approximate surface area is 170 Å². The van der Waals surface area contributed by atoms with E-state index in [-0.39, 0.29) is 12.1 Å². The minimum atomic E-state index is -0.163. The second kappa shape index (κ2) is 8.87. The Kier molecular flexibility index (Phi) is 5.86. The van der Waals surface area contributed by atoms with Crippen LogP contribution in [0.3, 0.4) is 0 Å². The second-order valence-corrected chi connectivity index (χ2v) is 7.21. The van der Waals surface area contributed by atoms with Gasteiger partial charge in [-0.3, -0.25) is 4.90 Å². The molecule has 7 heteroatoms. The third-order valence-electron chi connectivity index (χ3n) is 5.11. The summed E-state index contributed by atoms with van der Waals surface area (Å²) < 4.78 is 5.37. The number of carbonyl (C=O) groups is 1. The molecule has 2 heterocycles. The van der Waals surface area contributed by atoms with Crippen molar-refractivity contribution in [2.75, 3.05) is 18.4 Å². The van der Waals surface area contributed by atoms with Crippen molar-refractivity contribution < 1.29 is 9.32 Å². The lowest BCUT2D eigenvalue weighted by molar-refractivity contribution is 0.247. The summed E-state index contributed by atoms with van der Waals surface area (Å²) in [6.07, 6.45) is 1.77. The number of amides is 2. The van der Waals surface area contributed by atoms with E-state index >= 15 is 0 Å². The average Bonchev–Trinajstić information content (AvgIpc) is 3.39. The molecule has 150 valence electrons. The lowest BCUT2D eigenvalue weighted by Gasteiger charge is -2.16. The average molecular weight is 391 g/mol. The molecule has 0 aliphatic carbocycles. The first-order chi connectivity index (χ1) is 14.2. The van der Waals surface area contributed by atoms with Gasteiger partial charge >= 0.3 is 6.03 Å². The molecular formula is C22H25N5O2. The van der Waals surface area contributed by atoms with E-state index in [1.165, 1.54) is 0 Å². The molecule has 1 aliphatic rings. The van der Waals surface area contributed by atoms with Crippen LogP contribution in [0.15, 0.2) is 59.1 Å². The Morgan fingerprint density at radius 2 is 1.97 bits per heavy atom. The molecule has 7 nitrogen and oxygen atoms in total. The van der Waals surface area contributed by atoms with Crippen molar-refractivity contribution in [1.29, 1.82) is 0 Å². The number of nitrogens with one attached hydrogen (secondary N) is 2. The zero-order valence-electron chi connectivity index (χ0n) is 16.5. The van der Waals surface area contributed by atoms with Crippen molar-refractivity contribution in [3.8, 4) is 11.5 Å². The number of para-hydroxylation sites is 1. The maximum absolute atomic E-state index is 12.4. The third kappa shape index (κ3) is 4.81. The van der Waals surface area contributed by atoms with Crippen LogP contribution in [-0.2, 0) is 13.0 Å². The van der Waals surface area contributed by atoms with Crippen LogP contribution in [0.1, 0.15) is 24.7 Å². The van der Waals surface area contributed by atoms with Gasteiger partial charge in [-0.25, -0.2) is 4.79 Å². The van der Waals surface area contributed by atoms with Gasteiger partial charge in [-0.1, -0.05) is 48.5 Å². The molecule has 4 rings (SSSR count). The Morgan fingerprint density at radius 3 is 2.79 bits per heavy atom. The topological polar surface area (TPSA) is 83.3 Å². The zero-order valence-corrected chi connectivity index (χ0v) is 16.5. The summed E-state index contributed by atoms with van der Waals surface area (Å²) in [6.45, 7) is 4.33. The minimum absolute atomic E-state index is 0.101. The Morgan fingerprint density at radius 1 is 1.17 bits per heavy atom. The summed E-state index contributed by atoms with van der Waals surface area (Å²) in [7, 11) is 0. The largest absolute Gasteiger partial charge is 0.334 e. The fourth-order valence-electron chi connectivity index (χ4n) is 3.60.